The fourth-order valence-electron chi connectivity index (χ4n) is 8.03. The standard InChI is InChI=1S/C35H47N9O6/c1-34(2,50)27-19-38-41-44(27)24-18-26(32(48)40-35(29(45)30(36)46)13-7-4-8-14-35)43(21-24)33(49)25(17-22-9-5-3-6-10-22)39-31(47)23-11-12-28-37-15-16-42(28)20-23/h11-12,15-16,19-20,22,24-26,50H,3-10,13-14,17-18,21H2,1-2H3,(H2,36,46)(H,39,47)(H,40,48)/t24-,25+,26-/m0/s1. The summed E-state index contributed by atoms with van der Waals surface area (Å²) in [4.78, 5) is 73.8. The number of hydrogen-bond donors (Lipinski definition) is 4. The first-order chi connectivity index (χ1) is 23.9. The molecule has 15 heteroatoms. The van der Waals surface area contributed by atoms with Crippen LogP contribution in [0.5, 0.6) is 0 Å². The molecule has 0 radical (unpaired) electrons. The number of imidazole rings is 1. The van der Waals surface area contributed by atoms with E-state index in [9.17, 15) is 29.1 Å². The number of carbonyl (C=O) groups excluding carboxylic acids is 5. The van der Waals surface area contributed by atoms with Gasteiger partial charge in [-0.1, -0.05) is 56.6 Å². The van der Waals surface area contributed by atoms with Gasteiger partial charge in [0.15, 0.2) is 0 Å². The van der Waals surface area contributed by atoms with Crippen molar-refractivity contribution in [3.05, 3.63) is 48.2 Å². The molecule has 6 rings (SSSR count). The smallest absolute Gasteiger partial charge is 0.287 e. The Kier molecular flexibility index (Phi) is 10.1. The Balaban J connectivity index is 1.33. The largest absolute Gasteiger partial charge is 0.384 e. The molecule has 0 bridgehead atoms. The van der Waals surface area contributed by atoms with Crippen LogP contribution < -0.4 is 16.4 Å². The van der Waals surface area contributed by atoms with Crippen molar-refractivity contribution in [2.24, 2.45) is 11.7 Å². The first-order valence-corrected chi connectivity index (χ1v) is 17.7. The highest BCUT2D eigenvalue weighted by atomic mass is 16.3. The number of carbonyl (C=O) groups is 5. The number of fused-ring (bicyclic) bond motifs is 1. The molecule has 15 nitrogen and oxygen atoms in total. The predicted molar refractivity (Wildman–Crippen MR) is 180 cm³/mol. The second-order valence-electron chi connectivity index (χ2n) is 14.7. The van der Waals surface area contributed by atoms with Gasteiger partial charge in [-0.25, -0.2) is 9.67 Å². The summed E-state index contributed by atoms with van der Waals surface area (Å²) in [7, 11) is 0. The number of rotatable bonds is 11. The highest BCUT2D eigenvalue weighted by Crippen LogP contribution is 2.35. The van der Waals surface area contributed by atoms with Crippen molar-refractivity contribution in [2.75, 3.05) is 6.54 Å². The number of likely N-dealkylation sites (tertiary alicyclic amines) is 1. The van der Waals surface area contributed by atoms with Gasteiger partial charge in [0.2, 0.25) is 17.6 Å². The molecule has 3 aromatic rings. The molecule has 4 amide bonds. The Morgan fingerprint density at radius 2 is 1.78 bits per heavy atom. The fourth-order valence-corrected chi connectivity index (χ4v) is 8.03. The molecule has 0 aromatic carbocycles. The lowest BCUT2D eigenvalue weighted by Gasteiger charge is -2.38. The van der Waals surface area contributed by atoms with Crippen LogP contribution in [0.15, 0.2) is 36.9 Å². The molecule has 268 valence electrons. The minimum atomic E-state index is -1.46. The molecule has 2 aliphatic carbocycles. The van der Waals surface area contributed by atoms with Crippen molar-refractivity contribution in [3.8, 4) is 0 Å². The monoisotopic (exact) mass is 689 g/mol. The van der Waals surface area contributed by atoms with Gasteiger partial charge in [-0.3, -0.25) is 24.0 Å². The maximum atomic E-state index is 14.8. The van der Waals surface area contributed by atoms with Gasteiger partial charge >= 0.3 is 0 Å². The second kappa shape index (κ2) is 14.3. The summed E-state index contributed by atoms with van der Waals surface area (Å²) in [5, 5.41) is 25.0. The van der Waals surface area contributed by atoms with Crippen LogP contribution in [0.2, 0.25) is 0 Å². The van der Waals surface area contributed by atoms with Crippen LogP contribution in [0.4, 0.5) is 0 Å². The van der Waals surface area contributed by atoms with E-state index in [1.54, 1.807) is 49.0 Å². The molecule has 0 unspecified atom stereocenters. The first kappa shape index (κ1) is 35.2. The zero-order valence-electron chi connectivity index (χ0n) is 28.7. The van der Waals surface area contributed by atoms with Gasteiger partial charge in [0.1, 0.15) is 28.9 Å². The van der Waals surface area contributed by atoms with E-state index >= 15 is 0 Å². The number of amides is 4. The van der Waals surface area contributed by atoms with Crippen LogP contribution in [0.3, 0.4) is 0 Å². The number of ketones is 1. The van der Waals surface area contributed by atoms with Gasteiger partial charge < -0.3 is 30.8 Å². The van der Waals surface area contributed by atoms with E-state index in [-0.39, 0.29) is 31.7 Å². The van der Waals surface area contributed by atoms with E-state index in [4.69, 9.17) is 5.73 Å². The highest BCUT2D eigenvalue weighted by molar-refractivity contribution is 6.39. The van der Waals surface area contributed by atoms with Crippen LogP contribution in [-0.2, 0) is 24.8 Å². The Bertz CT molecular complexity index is 1750. The second-order valence-corrected chi connectivity index (χ2v) is 14.7. The van der Waals surface area contributed by atoms with E-state index in [2.05, 4.69) is 25.9 Å². The lowest BCUT2D eigenvalue weighted by Crippen LogP contribution is -2.62. The molecule has 2 saturated carbocycles. The zero-order chi connectivity index (χ0) is 35.6. The van der Waals surface area contributed by atoms with Gasteiger partial charge in [-0.05, 0) is 51.2 Å². The molecule has 5 N–H and O–H groups in total. The third-order valence-corrected chi connectivity index (χ3v) is 10.7. The van der Waals surface area contributed by atoms with Gasteiger partial charge in [0, 0.05) is 31.6 Å². The minimum absolute atomic E-state index is 0.0398. The number of aromatic nitrogens is 5. The van der Waals surface area contributed by atoms with Gasteiger partial charge in [-0.2, -0.15) is 0 Å². The minimum Gasteiger partial charge on any atom is -0.384 e. The third kappa shape index (κ3) is 7.28. The predicted octanol–water partition coefficient (Wildman–Crippen LogP) is 1.94. The number of nitrogens with two attached hydrogens (primary N) is 1. The Morgan fingerprint density at radius 1 is 1.06 bits per heavy atom. The van der Waals surface area contributed by atoms with Gasteiger partial charge in [-0.15, -0.1) is 5.10 Å². The summed E-state index contributed by atoms with van der Waals surface area (Å²) >= 11 is 0. The normalized spacial score (nSPS) is 21.9. The molecule has 3 fully saturated rings. The summed E-state index contributed by atoms with van der Waals surface area (Å²) in [6.07, 6.45) is 14.7. The van der Waals surface area contributed by atoms with E-state index < -0.39 is 58.7 Å². The maximum Gasteiger partial charge on any atom is 0.287 e. The number of nitrogens with zero attached hydrogens (tertiary/aromatic N) is 6. The number of primary amides is 1. The van der Waals surface area contributed by atoms with E-state index in [0.717, 1.165) is 38.5 Å². The Labute approximate surface area is 290 Å². The van der Waals surface area contributed by atoms with Crippen molar-refractivity contribution < 1.29 is 29.1 Å². The highest BCUT2D eigenvalue weighted by Gasteiger charge is 2.49. The van der Waals surface area contributed by atoms with Crippen molar-refractivity contribution in [1.82, 2.24) is 39.9 Å². The first-order valence-electron chi connectivity index (χ1n) is 17.7. The summed E-state index contributed by atoms with van der Waals surface area (Å²) in [6.45, 7) is 3.24. The van der Waals surface area contributed by atoms with Crippen LogP contribution >= 0.6 is 0 Å². The molecule has 1 saturated heterocycles. The van der Waals surface area contributed by atoms with Crippen molar-refractivity contribution in [1.29, 1.82) is 0 Å². The average molecular weight is 690 g/mol. The number of pyridine rings is 1. The number of aliphatic hydroxyl groups is 1. The maximum absolute atomic E-state index is 14.8. The lowest BCUT2D eigenvalue weighted by atomic mass is 9.78. The molecular weight excluding hydrogens is 642 g/mol. The van der Waals surface area contributed by atoms with Crippen molar-refractivity contribution in [3.63, 3.8) is 0 Å². The third-order valence-electron chi connectivity index (χ3n) is 10.7. The molecule has 0 spiro atoms. The van der Waals surface area contributed by atoms with Crippen LogP contribution in [0, 0.1) is 5.92 Å². The summed E-state index contributed by atoms with van der Waals surface area (Å²) in [5.41, 5.74) is 4.13. The molecule has 50 heavy (non-hydrogen) atoms. The SMILES string of the molecule is CC(C)(O)c1cnnn1[C@H]1C[C@@H](C(=O)NC2(C(=O)C(N)=O)CCCCC2)N(C(=O)[C@@H](CC2CCCCC2)NC(=O)c2ccc3nccn3c2)C1. The van der Waals surface area contributed by atoms with E-state index in [0.29, 0.717) is 36.2 Å². The average Bonchev–Trinajstić information content (AvgIpc) is 3.87. The van der Waals surface area contributed by atoms with Crippen LogP contribution in [0.1, 0.15) is 113 Å². The van der Waals surface area contributed by atoms with Gasteiger partial charge in [0.05, 0.1) is 23.5 Å². The lowest BCUT2D eigenvalue weighted by molar-refractivity contribution is -0.145. The van der Waals surface area contributed by atoms with Crippen LogP contribution in [-0.4, -0.2) is 88.0 Å². The topological polar surface area (TPSA) is 207 Å². The Morgan fingerprint density at radius 3 is 2.48 bits per heavy atom. The number of Topliss-reactive ketones (excluding diaryl/α,β-unsaturated/α-hetero) is 1. The fraction of sp³-hybridized carbons (Fsp3) is 0.600. The zero-order valence-corrected chi connectivity index (χ0v) is 28.7. The number of nitrogens with one attached hydrogen (secondary N) is 2. The van der Waals surface area contributed by atoms with Crippen molar-refractivity contribution >= 4 is 35.1 Å². The summed E-state index contributed by atoms with van der Waals surface area (Å²) < 4.78 is 3.26. The summed E-state index contributed by atoms with van der Waals surface area (Å²) in [6, 6.07) is 0.815. The van der Waals surface area contributed by atoms with E-state index in [1.165, 1.54) is 15.8 Å². The molecule has 3 aliphatic rings. The van der Waals surface area contributed by atoms with Crippen LogP contribution in [0.25, 0.3) is 5.65 Å². The molecule has 3 aromatic heterocycles. The molecular formula is C35H47N9O6. The molecule has 4 heterocycles. The van der Waals surface area contributed by atoms with Crippen molar-refractivity contribution in [2.45, 2.75) is 120 Å². The quantitative estimate of drug-likeness (QED) is 0.217. The summed E-state index contributed by atoms with van der Waals surface area (Å²) in [5.74, 6) is -3.22. The molecule has 1 aliphatic heterocycles. The Hall–Kier alpha value is -4.66. The molecule has 3 atom stereocenters. The van der Waals surface area contributed by atoms with E-state index in [1.807, 2.05) is 0 Å². The van der Waals surface area contributed by atoms with Gasteiger partial charge in [0.25, 0.3) is 11.8 Å². The number of hydrogen-bond acceptors (Lipinski definition) is 9.